The molecule has 5 nitrogen and oxygen atoms in total. The minimum Gasteiger partial charge on any atom is -0.503 e. The summed E-state index contributed by atoms with van der Waals surface area (Å²) in [6.07, 6.45) is 3.79. The first-order chi connectivity index (χ1) is 14.9. The van der Waals surface area contributed by atoms with Gasteiger partial charge in [0.15, 0.2) is 11.5 Å². The number of ketones is 1. The van der Waals surface area contributed by atoms with Crippen LogP contribution in [0.25, 0.3) is 6.08 Å². The number of hydrogen-bond acceptors (Lipinski definition) is 4. The number of aliphatic hydroxyl groups is 1. The lowest BCUT2D eigenvalue weighted by molar-refractivity contribution is -0.129. The maximum atomic E-state index is 13.1. The number of halogens is 1. The predicted octanol–water partition coefficient (Wildman–Crippen LogP) is 5.24. The van der Waals surface area contributed by atoms with Crippen LogP contribution in [-0.4, -0.2) is 41.0 Å². The van der Waals surface area contributed by atoms with E-state index in [4.69, 9.17) is 4.74 Å². The summed E-state index contributed by atoms with van der Waals surface area (Å²) in [5.74, 6) is -1.41. The highest BCUT2D eigenvalue weighted by Crippen LogP contribution is 2.38. The Hall–Kier alpha value is -2.70. The van der Waals surface area contributed by atoms with Gasteiger partial charge in [0.25, 0.3) is 5.91 Å². The molecule has 0 unspecified atom stereocenters. The molecule has 6 heteroatoms. The van der Waals surface area contributed by atoms with Crippen LogP contribution in [0.15, 0.2) is 76.5 Å². The molecule has 1 heterocycles. The zero-order valence-electron chi connectivity index (χ0n) is 17.6. The van der Waals surface area contributed by atoms with Gasteiger partial charge in [-0.15, -0.1) is 0 Å². The minimum absolute atomic E-state index is 0.0973. The van der Waals surface area contributed by atoms with Crippen LogP contribution >= 0.6 is 15.9 Å². The number of aliphatic hydroxyl groups excluding tert-OH is 1. The van der Waals surface area contributed by atoms with E-state index >= 15 is 0 Å². The van der Waals surface area contributed by atoms with Gasteiger partial charge in [-0.05, 0) is 49.6 Å². The number of nitrogens with zero attached hydrogens (tertiary/aromatic N) is 1. The Morgan fingerprint density at radius 3 is 2.61 bits per heavy atom. The largest absolute Gasteiger partial charge is 0.503 e. The highest BCUT2D eigenvalue weighted by molar-refractivity contribution is 9.10. The van der Waals surface area contributed by atoms with Crippen LogP contribution in [0.3, 0.4) is 0 Å². The summed E-state index contributed by atoms with van der Waals surface area (Å²) in [4.78, 5) is 27.5. The zero-order chi connectivity index (χ0) is 22.4. The molecular formula is C25H26BrNO4. The summed E-state index contributed by atoms with van der Waals surface area (Å²) in [5.41, 5.74) is 1.72. The van der Waals surface area contributed by atoms with E-state index in [0.29, 0.717) is 19.6 Å². The van der Waals surface area contributed by atoms with Crippen molar-refractivity contribution in [2.75, 3.05) is 13.2 Å². The maximum absolute atomic E-state index is 13.1. The van der Waals surface area contributed by atoms with Gasteiger partial charge in [-0.1, -0.05) is 64.5 Å². The normalized spacial score (nSPS) is 16.7. The van der Waals surface area contributed by atoms with E-state index in [-0.39, 0.29) is 17.5 Å². The second-order valence-electron chi connectivity index (χ2n) is 7.60. The molecule has 162 valence electrons. The summed E-state index contributed by atoms with van der Waals surface area (Å²) in [6, 6.07) is 16.2. The number of rotatable bonds is 9. The van der Waals surface area contributed by atoms with Gasteiger partial charge >= 0.3 is 0 Å². The number of hydrogen-bond donors (Lipinski definition) is 1. The molecule has 0 fully saturated rings. The third-order valence-corrected chi connectivity index (χ3v) is 5.45. The lowest BCUT2D eigenvalue weighted by Crippen LogP contribution is -2.32. The Bertz CT molecular complexity index is 998. The monoisotopic (exact) mass is 483 g/mol. The quantitative estimate of drug-likeness (QED) is 0.391. The van der Waals surface area contributed by atoms with Gasteiger partial charge in [0.2, 0.25) is 0 Å². The van der Waals surface area contributed by atoms with Crippen molar-refractivity contribution in [3.63, 3.8) is 0 Å². The van der Waals surface area contributed by atoms with Crippen LogP contribution < -0.4 is 0 Å². The average molecular weight is 484 g/mol. The van der Waals surface area contributed by atoms with Gasteiger partial charge in [-0.3, -0.25) is 9.59 Å². The van der Waals surface area contributed by atoms with Gasteiger partial charge in [0.1, 0.15) is 0 Å². The van der Waals surface area contributed by atoms with Gasteiger partial charge in [0.05, 0.1) is 17.7 Å². The molecule has 1 amide bonds. The van der Waals surface area contributed by atoms with Crippen molar-refractivity contribution < 1.29 is 19.4 Å². The SMILES string of the molecule is CC(C)OCCCN1C(=O)C(O)=C(C(=O)/C=C/c2ccccc2)[C@H]1c1cccc(Br)c1. The summed E-state index contributed by atoms with van der Waals surface area (Å²) < 4.78 is 6.42. The van der Waals surface area contributed by atoms with Gasteiger partial charge < -0.3 is 14.7 Å². The first-order valence-corrected chi connectivity index (χ1v) is 11.1. The Morgan fingerprint density at radius 2 is 1.94 bits per heavy atom. The predicted molar refractivity (Wildman–Crippen MR) is 124 cm³/mol. The second-order valence-corrected chi connectivity index (χ2v) is 8.52. The van der Waals surface area contributed by atoms with Crippen LogP contribution in [0.1, 0.15) is 37.4 Å². The summed E-state index contributed by atoms with van der Waals surface area (Å²) in [6.45, 7) is 4.76. The average Bonchev–Trinajstić information content (AvgIpc) is 3.00. The lowest BCUT2D eigenvalue weighted by atomic mass is 9.95. The molecule has 0 bridgehead atoms. The van der Waals surface area contributed by atoms with Gasteiger partial charge in [-0.2, -0.15) is 0 Å². The first kappa shape index (κ1) is 23.0. The van der Waals surface area contributed by atoms with Crippen LogP contribution in [0.4, 0.5) is 0 Å². The molecule has 0 saturated heterocycles. The molecule has 0 spiro atoms. The smallest absolute Gasteiger partial charge is 0.290 e. The van der Waals surface area contributed by atoms with Gasteiger partial charge in [0, 0.05) is 17.6 Å². The second kappa shape index (κ2) is 10.6. The molecule has 1 N–H and O–H groups in total. The fourth-order valence-corrected chi connectivity index (χ4v) is 3.96. The van der Waals surface area contributed by atoms with Crippen molar-refractivity contribution in [3.05, 3.63) is 87.6 Å². The Labute approximate surface area is 191 Å². The highest BCUT2D eigenvalue weighted by atomic mass is 79.9. The van der Waals surface area contributed by atoms with Crippen LogP contribution in [0, 0.1) is 0 Å². The molecule has 1 atom stereocenters. The third kappa shape index (κ3) is 5.71. The number of ether oxygens (including phenoxy) is 1. The maximum Gasteiger partial charge on any atom is 0.290 e. The van der Waals surface area contributed by atoms with E-state index in [1.54, 1.807) is 11.0 Å². The Balaban J connectivity index is 1.90. The molecule has 2 aromatic carbocycles. The van der Waals surface area contributed by atoms with Crippen molar-refractivity contribution >= 4 is 33.7 Å². The van der Waals surface area contributed by atoms with E-state index in [2.05, 4.69) is 15.9 Å². The molecule has 0 saturated carbocycles. The van der Waals surface area contributed by atoms with Crippen LogP contribution in [0.2, 0.25) is 0 Å². The van der Waals surface area contributed by atoms with E-state index in [0.717, 1.165) is 15.6 Å². The minimum atomic E-state index is -0.656. The van der Waals surface area contributed by atoms with Crippen molar-refractivity contribution in [1.82, 2.24) is 4.90 Å². The molecule has 0 aromatic heterocycles. The number of carbonyl (C=O) groups is 2. The number of amides is 1. The third-order valence-electron chi connectivity index (χ3n) is 4.95. The number of carbonyl (C=O) groups excluding carboxylic acids is 2. The van der Waals surface area contributed by atoms with Crippen molar-refractivity contribution in [3.8, 4) is 0 Å². The standard InChI is InChI=1S/C25H26BrNO4/c1-17(2)31-15-7-14-27-23(19-10-6-11-20(26)16-19)22(24(29)25(27)30)21(28)13-12-18-8-4-3-5-9-18/h3-6,8-13,16-17,23,29H,7,14-15H2,1-2H3/b13-12+/t23-/m1/s1. The van der Waals surface area contributed by atoms with E-state index < -0.39 is 17.7 Å². The van der Waals surface area contributed by atoms with Crippen molar-refractivity contribution in [1.29, 1.82) is 0 Å². The number of benzene rings is 2. The lowest BCUT2D eigenvalue weighted by Gasteiger charge is -2.27. The van der Waals surface area contributed by atoms with Crippen LogP contribution in [-0.2, 0) is 14.3 Å². The molecule has 0 radical (unpaired) electrons. The molecule has 2 aromatic rings. The Kier molecular flexibility index (Phi) is 7.82. The summed E-state index contributed by atoms with van der Waals surface area (Å²) >= 11 is 3.46. The molecule has 31 heavy (non-hydrogen) atoms. The Morgan fingerprint density at radius 1 is 1.19 bits per heavy atom. The zero-order valence-corrected chi connectivity index (χ0v) is 19.2. The van der Waals surface area contributed by atoms with Crippen molar-refractivity contribution in [2.45, 2.75) is 32.4 Å². The number of allylic oxidation sites excluding steroid dienone is 1. The fraction of sp³-hybridized carbons (Fsp3) is 0.280. The van der Waals surface area contributed by atoms with Crippen LogP contribution in [0.5, 0.6) is 0 Å². The summed E-state index contributed by atoms with van der Waals surface area (Å²) in [7, 11) is 0. The van der Waals surface area contributed by atoms with Crippen molar-refractivity contribution in [2.24, 2.45) is 0 Å². The molecule has 1 aliphatic heterocycles. The molecule has 3 rings (SSSR count). The molecule has 1 aliphatic rings. The van der Waals surface area contributed by atoms with E-state index in [1.165, 1.54) is 6.08 Å². The van der Waals surface area contributed by atoms with E-state index in [9.17, 15) is 14.7 Å². The van der Waals surface area contributed by atoms with Gasteiger partial charge in [-0.25, -0.2) is 0 Å². The topological polar surface area (TPSA) is 66.8 Å². The van der Waals surface area contributed by atoms with E-state index in [1.807, 2.05) is 68.4 Å². The fourth-order valence-electron chi connectivity index (χ4n) is 3.54. The summed E-state index contributed by atoms with van der Waals surface area (Å²) in [5, 5.41) is 10.6. The highest BCUT2D eigenvalue weighted by Gasteiger charge is 2.42. The molecule has 0 aliphatic carbocycles. The molecular weight excluding hydrogens is 458 g/mol. The first-order valence-electron chi connectivity index (χ1n) is 10.3.